The van der Waals surface area contributed by atoms with Crippen LogP contribution in [0.3, 0.4) is 0 Å². The molecule has 1 aromatic carbocycles. The standard InChI is InChI=1S/C9H7N3O3/c1-6(13)11-9-3-2-8(12(14)15)4-7(9)5-10/h2-4H,1H3,(H,11,13). The second kappa shape index (κ2) is 4.19. The molecule has 0 radical (unpaired) electrons. The highest BCUT2D eigenvalue weighted by Crippen LogP contribution is 2.21. The van der Waals surface area contributed by atoms with Crippen molar-refractivity contribution >= 4 is 17.3 Å². The predicted molar refractivity (Wildman–Crippen MR) is 52.1 cm³/mol. The zero-order chi connectivity index (χ0) is 11.4. The monoisotopic (exact) mass is 205 g/mol. The Hall–Kier alpha value is -2.42. The number of benzene rings is 1. The first kappa shape index (κ1) is 10.7. The van der Waals surface area contributed by atoms with Gasteiger partial charge < -0.3 is 5.32 Å². The highest BCUT2D eigenvalue weighted by molar-refractivity contribution is 5.90. The average molecular weight is 205 g/mol. The number of nitro groups is 1. The molecule has 6 nitrogen and oxygen atoms in total. The van der Waals surface area contributed by atoms with Gasteiger partial charge in [0.25, 0.3) is 5.69 Å². The number of nitrogens with one attached hydrogen (secondary N) is 1. The molecule has 0 aliphatic carbocycles. The molecule has 0 aliphatic rings. The number of hydrogen-bond acceptors (Lipinski definition) is 4. The summed E-state index contributed by atoms with van der Waals surface area (Å²) in [7, 11) is 0. The predicted octanol–water partition coefficient (Wildman–Crippen LogP) is 1.42. The van der Waals surface area contributed by atoms with Crippen LogP contribution < -0.4 is 5.32 Å². The molecule has 0 saturated heterocycles. The number of nitro benzene ring substituents is 1. The lowest BCUT2D eigenvalue weighted by Crippen LogP contribution is -2.07. The van der Waals surface area contributed by atoms with Gasteiger partial charge in [-0.3, -0.25) is 14.9 Å². The van der Waals surface area contributed by atoms with Gasteiger partial charge in [0.2, 0.25) is 5.91 Å². The number of amides is 1. The molecule has 6 heteroatoms. The highest BCUT2D eigenvalue weighted by Gasteiger charge is 2.10. The molecule has 0 aromatic heterocycles. The fourth-order valence-corrected chi connectivity index (χ4v) is 1.04. The number of nitrogens with zero attached hydrogens (tertiary/aromatic N) is 2. The number of carbonyl (C=O) groups is 1. The van der Waals surface area contributed by atoms with Gasteiger partial charge >= 0.3 is 0 Å². The summed E-state index contributed by atoms with van der Waals surface area (Å²) >= 11 is 0. The van der Waals surface area contributed by atoms with Crippen LogP contribution in [0.25, 0.3) is 0 Å². The molecule has 0 bridgehead atoms. The van der Waals surface area contributed by atoms with E-state index in [0.717, 1.165) is 6.07 Å². The molecule has 1 amide bonds. The second-order valence-electron chi connectivity index (χ2n) is 2.78. The van der Waals surface area contributed by atoms with Gasteiger partial charge in [-0.25, -0.2) is 0 Å². The molecular weight excluding hydrogens is 198 g/mol. The summed E-state index contributed by atoms with van der Waals surface area (Å²) in [6, 6.07) is 5.45. The van der Waals surface area contributed by atoms with Crippen LogP contribution in [-0.2, 0) is 4.79 Å². The van der Waals surface area contributed by atoms with Crippen LogP contribution in [0.1, 0.15) is 12.5 Å². The summed E-state index contributed by atoms with van der Waals surface area (Å²) in [5.41, 5.74) is 0.163. The van der Waals surface area contributed by atoms with Crippen molar-refractivity contribution < 1.29 is 9.72 Å². The van der Waals surface area contributed by atoms with Crippen molar-refractivity contribution in [1.29, 1.82) is 5.26 Å². The van der Waals surface area contributed by atoms with Gasteiger partial charge in [-0.1, -0.05) is 0 Å². The van der Waals surface area contributed by atoms with E-state index in [1.54, 1.807) is 6.07 Å². The topological polar surface area (TPSA) is 96.0 Å². The maximum atomic E-state index is 10.7. The third-order valence-corrected chi connectivity index (χ3v) is 1.65. The number of nitriles is 1. The maximum Gasteiger partial charge on any atom is 0.270 e. The van der Waals surface area contributed by atoms with Crippen molar-refractivity contribution in [3.05, 3.63) is 33.9 Å². The zero-order valence-corrected chi connectivity index (χ0v) is 7.85. The lowest BCUT2D eigenvalue weighted by atomic mass is 10.1. The molecule has 1 N–H and O–H groups in total. The number of carbonyl (C=O) groups excluding carboxylic acids is 1. The zero-order valence-electron chi connectivity index (χ0n) is 7.85. The fourth-order valence-electron chi connectivity index (χ4n) is 1.04. The maximum absolute atomic E-state index is 10.7. The second-order valence-corrected chi connectivity index (χ2v) is 2.78. The summed E-state index contributed by atoms with van der Waals surface area (Å²) < 4.78 is 0. The van der Waals surface area contributed by atoms with E-state index in [-0.39, 0.29) is 22.8 Å². The van der Waals surface area contributed by atoms with Crippen LogP contribution in [0.5, 0.6) is 0 Å². The van der Waals surface area contributed by atoms with Gasteiger partial charge in [0.1, 0.15) is 6.07 Å². The summed E-state index contributed by atoms with van der Waals surface area (Å²) in [4.78, 5) is 20.6. The van der Waals surface area contributed by atoms with E-state index in [0.29, 0.717) is 0 Å². The van der Waals surface area contributed by atoms with E-state index in [1.807, 2.05) is 0 Å². The van der Waals surface area contributed by atoms with Crippen LogP contribution in [0.4, 0.5) is 11.4 Å². The molecule has 1 aromatic rings. The van der Waals surface area contributed by atoms with Crippen molar-refractivity contribution in [2.45, 2.75) is 6.92 Å². The number of non-ortho nitro benzene ring substituents is 1. The van der Waals surface area contributed by atoms with Crippen LogP contribution in [-0.4, -0.2) is 10.8 Å². The molecule has 0 fully saturated rings. The smallest absolute Gasteiger partial charge is 0.270 e. The molecule has 0 unspecified atom stereocenters. The normalized spacial score (nSPS) is 9.07. The Morgan fingerprint density at radius 2 is 2.27 bits per heavy atom. The van der Waals surface area contributed by atoms with Gasteiger partial charge in [-0.2, -0.15) is 5.26 Å². The average Bonchev–Trinajstić information content (AvgIpc) is 2.17. The van der Waals surface area contributed by atoms with Gasteiger partial charge in [-0.15, -0.1) is 0 Å². The number of rotatable bonds is 2. The van der Waals surface area contributed by atoms with Gasteiger partial charge in [0, 0.05) is 19.1 Å². The van der Waals surface area contributed by atoms with Crippen LogP contribution in [0.15, 0.2) is 18.2 Å². The molecule has 1 rings (SSSR count). The minimum absolute atomic E-state index is 0.0689. The largest absolute Gasteiger partial charge is 0.325 e. The molecule has 0 atom stereocenters. The lowest BCUT2D eigenvalue weighted by Gasteiger charge is -2.03. The summed E-state index contributed by atoms with van der Waals surface area (Å²) in [6.45, 7) is 1.29. The van der Waals surface area contributed by atoms with Crippen molar-refractivity contribution in [3.8, 4) is 6.07 Å². The Morgan fingerprint density at radius 1 is 1.60 bits per heavy atom. The first-order valence-electron chi connectivity index (χ1n) is 4.00. The van der Waals surface area contributed by atoms with Crippen LogP contribution >= 0.6 is 0 Å². The fraction of sp³-hybridized carbons (Fsp3) is 0.111. The molecule has 76 valence electrons. The van der Waals surface area contributed by atoms with Crippen molar-refractivity contribution in [2.75, 3.05) is 5.32 Å². The number of anilines is 1. The molecular formula is C9H7N3O3. The first-order valence-corrected chi connectivity index (χ1v) is 4.00. The van der Waals surface area contributed by atoms with Gasteiger partial charge in [0.15, 0.2) is 0 Å². The highest BCUT2D eigenvalue weighted by atomic mass is 16.6. The van der Waals surface area contributed by atoms with Crippen molar-refractivity contribution in [3.63, 3.8) is 0 Å². The van der Waals surface area contributed by atoms with Crippen LogP contribution in [0, 0.1) is 21.4 Å². The SMILES string of the molecule is CC(=O)Nc1ccc([N+](=O)[O-])cc1C#N. The summed E-state index contributed by atoms with van der Waals surface area (Å²) in [5.74, 6) is -0.333. The minimum Gasteiger partial charge on any atom is -0.325 e. The first-order chi connectivity index (χ1) is 7.04. The third-order valence-electron chi connectivity index (χ3n) is 1.65. The Balaban J connectivity index is 3.16. The Morgan fingerprint density at radius 3 is 2.73 bits per heavy atom. The summed E-state index contributed by atoms with van der Waals surface area (Å²) in [6.07, 6.45) is 0. The van der Waals surface area contributed by atoms with E-state index < -0.39 is 4.92 Å². The van der Waals surface area contributed by atoms with E-state index in [4.69, 9.17) is 5.26 Å². The van der Waals surface area contributed by atoms with E-state index >= 15 is 0 Å². The molecule has 0 saturated carbocycles. The van der Waals surface area contributed by atoms with Crippen LogP contribution in [0.2, 0.25) is 0 Å². The number of hydrogen-bond donors (Lipinski definition) is 1. The van der Waals surface area contributed by atoms with Gasteiger partial charge in [-0.05, 0) is 6.07 Å². The third kappa shape index (κ3) is 2.51. The van der Waals surface area contributed by atoms with E-state index in [9.17, 15) is 14.9 Å². The molecule has 0 aliphatic heterocycles. The molecule has 15 heavy (non-hydrogen) atoms. The molecule has 0 spiro atoms. The van der Waals surface area contributed by atoms with Crippen molar-refractivity contribution in [2.24, 2.45) is 0 Å². The molecule has 0 heterocycles. The van der Waals surface area contributed by atoms with Crippen molar-refractivity contribution in [1.82, 2.24) is 0 Å². The summed E-state index contributed by atoms with van der Waals surface area (Å²) in [5, 5.41) is 21.5. The Kier molecular flexibility index (Phi) is 2.98. The Labute approximate surface area is 85.3 Å². The quantitative estimate of drug-likeness (QED) is 0.583. The van der Waals surface area contributed by atoms with Gasteiger partial charge in [0.05, 0.1) is 16.2 Å². The lowest BCUT2D eigenvalue weighted by molar-refractivity contribution is -0.384. The minimum atomic E-state index is -0.599. The Bertz CT molecular complexity index is 462. The van der Waals surface area contributed by atoms with E-state index in [1.165, 1.54) is 19.1 Å². The van der Waals surface area contributed by atoms with E-state index in [2.05, 4.69) is 5.32 Å².